The Balaban J connectivity index is -0.000000220. The molecule has 0 N–H and O–H groups in total. The molecule has 0 saturated heterocycles. The summed E-state index contributed by atoms with van der Waals surface area (Å²) >= 11 is 2.10. The molecule has 116 valence electrons. The van der Waals surface area contributed by atoms with E-state index >= 15 is 0 Å². The maximum absolute atomic E-state index is 3.00. The minimum absolute atomic E-state index is 0.658. The molecule has 0 amide bonds. The van der Waals surface area contributed by atoms with E-state index in [1.54, 1.807) is 4.91 Å². The van der Waals surface area contributed by atoms with Gasteiger partial charge in [-0.15, -0.1) is 24.9 Å². The van der Waals surface area contributed by atoms with Crippen molar-refractivity contribution >= 4 is 11.8 Å². The smallest absolute Gasteiger partial charge is 0.0245 e. The van der Waals surface area contributed by atoms with E-state index < -0.39 is 0 Å². The number of thioether (sulfide) groups is 1. The summed E-state index contributed by atoms with van der Waals surface area (Å²) in [6.07, 6.45) is 5.14. The van der Waals surface area contributed by atoms with Crippen molar-refractivity contribution in [2.45, 2.75) is 79.9 Å². The molecule has 2 aliphatic rings. The Labute approximate surface area is 128 Å². The molecule has 1 heterocycles. The van der Waals surface area contributed by atoms with Crippen molar-refractivity contribution in [3.63, 3.8) is 0 Å². The second kappa shape index (κ2) is 14.2. The van der Waals surface area contributed by atoms with E-state index in [-0.39, 0.29) is 0 Å². The van der Waals surface area contributed by atoms with Gasteiger partial charge in [-0.25, -0.2) is 0 Å². The molecule has 0 radical (unpaired) electrons. The Hall–Kier alpha value is -0.170. The van der Waals surface area contributed by atoms with E-state index in [1.807, 2.05) is 27.7 Å². The van der Waals surface area contributed by atoms with Crippen LogP contribution in [0, 0.1) is 11.8 Å². The van der Waals surface area contributed by atoms with Gasteiger partial charge in [-0.05, 0) is 36.5 Å². The quantitative estimate of drug-likeness (QED) is 0.455. The summed E-state index contributed by atoms with van der Waals surface area (Å²) < 4.78 is 0.658. The zero-order chi connectivity index (χ0) is 16.1. The normalized spacial score (nSPS) is 24.7. The van der Waals surface area contributed by atoms with Crippen LogP contribution in [0.15, 0.2) is 24.1 Å². The summed E-state index contributed by atoms with van der Waals surface area (Å²) in [5.41, 5.74) is 0. The third kappa shape index (κ3) is 11.4. The maximum Gasteiger partial charge on any atom is 0.0245 e. The van der Waals surface area contributed by atoms with Crippen LogP contribution in [0.4, 0.5) is 0 Å². The van der Waals surface area contributed by atoms with Crippen LogP contribution in [0.5, 0.6) is 0 Å². The van der Waals surface area contributed by atoms with Crippen molar-refractivity contribution < 1.29 is 0 Å². The van der Waals surface area contributed by atoms with Gasteiger partial charge in [0.2, 0.25) is 0 Å². The molecule has 0 aromatic rings. The fraction of sp³-hybridized carbons (Fsp3) is 0.778. The average Bonchev–Trinajstić information content (AvgIpc) is 2.94. The molecule has 2 atom stereocenters. The molecule has 2 rings (SSSR count). The van der Waals surface area contributed by atoms with Crippen LogP contribution in [0.1, 0.15) is 75.2 Å². The number of hydrogen-bond donors (Lipinski definition) is 0. The van der Waals surface area contributed by atoms with E-state index in [2.05, 4.69) is 65.6 Å². The summed E-state index contributed by atoms with van der Waals surface area (Å²) in [7, 11) is 0. The highest BCUT2D eigenvalue weighted by atomic mass is 32.2. The molecule has 0 spiro atoms. The van der Waals surface area contributed by atoms with E-state index in [9.17, 15) is 0 Å². The Bertz CT molecular complexity index is 215. The first-order valence-corrected chi connectivity index (χ1v) is 8.69. The Morgan fingerprint density at radius 1 is 1.21 bits per heavy atom. The zero-order valence-electron chi connectivity index (χ0n) is 15.0. The minimum Gasteiger partial charge on any atom is -0.124 e. The lowest BCUT2D eigenvalue weighted by Gasteiger charge is -2.03. The SMILES string of the molecule is C=C.CC.CC.CC(C)C.CCC1=CC2CC2(C)S1. The van der Waals surface area contributed by atoms with Crippen LogP contribution in [0.3, 0.4) is 0 Å². The first-order chi connectivity index (χ1) is 8.98. The van der Waals surface area contributed by atoms with Gasteiger partial charge >= 0.3 is 0 Å². The molecule has 0 nitrogen and oxygen atoms in total. The number of fused-ring (bicyclic) bond motifs is 1. The van der Waals surface area contributed by atoms with Crippen LogP contribution < -0.4 is 0 Å². The van der Waals surface area contributed by atoms with E-state index in [1.165, 1.54) is 12.8 Å². The third-order valence-electron chi connectivity index (χ3n) is 2.35. The summed E-state index contributed by atoms with van der Waals surface area (Å²) in [4.78, 5) is 1.62. The lowest BCUT2D eigenvalue weighted by Crippen LogP contribution is -1.91. The largest absolute Gasteiger partial charge is 0.124 e. The van der Waals surface area contributed by atoms with Gasteiger partial charge in [-0.1, -0.05) is 61.5 Å². The van der Waals surface area contributed by atoms with Crippen LogP contribution in [0.25, 0.3) is 0 Å². The predicted octanol–water partition coefficient (Wildman–Crippen LogP) is 7.32. The van der Waals surface area contributed by atoms with Gasteiger partial charge in [0.15, 0.2) is 0 Å². The van der Waals surface area contributed by atoms with Gasteiger partial charge in [-0.2, -0.15) is 0 Å². The van der Waals surface area contributed by atoms with Crippen molar-refractivity contribution in [3.8, 4) is 0 Å². The average molecular weight is 287 g/mol. The van der Waals surface area contributed by atoms with Gasteiger partial charge in [0.1, 0.15) is 0 Å². The number of hydrogen-bond acceptors (Lipinski definition) is 1. The predicted molar refractivity (Wildman–Crippen MR) is 96.9 cm³/mol. The molecule has 0 aromatic carbocycles. The van der Waals surface area contributed by atoms with Crippen LogP contribution >= 0.6 is 11.8 Å². The topological polar surface area (TPSA) is 0 Å². The monoisotopic (exact) mass is 286 g/mol. The van der Waals surface area contributed by atoms with Crippen molar-refractivity contribution in [2.75, 3.05) is 0 Å². The lowest BCUT2D eigenvalue weighted by atomic mass is 10.3. The van der Waals surface area contributed by atoms with E-state index in [0.717, 1.165) is 11.8 Å². The molecule has 1 heteroatoms. The number of allylic oxidation sites excluding steroid dienone is 2. The Kier molecular flexibility index (Phi) is 17.9. The Morgan fingerprint density at radius 2 is 1.58 bits per heavy atom. The van der Waals surface area contributed by atoms with Crippen LogP contribution in [0.2, 0.25) is 0 Å². The summed E-state index contributed by atoms with van der Waals surface area (Å²) in [5, 5.41) is 0. The summed E-state index contributed by atoms with van der Waals surface area (Å²) in [6.45, 7) is 25.1. The second-order valence-electron chi connectivity index (χ2n) is 4.94. The molecular weight excluding hydrogens is 248 g/mol. The standard InChI is InChI=1S/C8H12S.C4H10.2C2H6.C2H4/c1-3-7-4-6-5-8(6,2)9-7;1-4(2)3;3*1-2/h4,6H,3,5H2,1-2H3;4H,1-3H3;2*1-2H3;1-2H2. The van der Waals surface area contributed by atoms with Gasteiger partial charge in [0, 0.05) is 4.75 Å². The summed E-state index contributed by atoms with van der Waals surface area (Å²) in [6, 6.07) is 0. The van der Waals surface area contributed by atoms with E-state index in [0.29, 0.717) is 4.75 Å². The molecule has 1 aliphatic carbocycles. The lowest BCUT2D eigenvalue weighted by molar-refractivity contribution is 0.737. The highest BCUT2D eigenvalue weighted by Gasteiger charge is 2.53. The van der Waals surface area contributed by atoms with Crippen LogP contribution in [-0.2, 0) is 0 Å². The molecule has 1 aliphatic heterocycles. The number of rotatable bonds is 1. The molecule has 1 saturated carbocycles. The molecule has 0 aromatic heterocycles. The fourth-order valence-electron chi connectivity index (χ4n) is 1.48. The Morgan fingerprint density at radius 3 is 1.74 bits per heavy atom. The molecule has 0 bridgehead atoms. The highest BCUT2D eigenvalue weighted by molar-refractivity contribution is 8.05. The third-order valence-corrected chi connectivity index (χ3v) is 3.97. The van der Waals surface area contributed by atoms with Crippen molar-refractivity contribution in [3.05, 3.63) is 24.1 Å². The van der Waals surface area contributed by atoms with Crippen molar-refractivity contribution in [1.82, 2.24) is 0 Å². The molecule has 2 unspecified atom stereocenters. The first-order valence-electron chi connectivity index (χ1n) is 7.87. The zero-order valence-corrected chi connectivity index (χ0v) is 15.8. The highest BCUT2D eigenvalue weighted by Crippen LogP contribution is 2.63. The van der Waals surface area contributed by atoms with Gasteiger partial charge in [0.25, 0.3) is 0 Å². The minimum atomic E-state index is 0.658. The summed E-state index contributed by atoms with van der Waals surface area (Å²) in [5.74, 6) is 1.78. The van der Waals surface area contributed by atoms with Gasteiger partial charge in [-0.3, -0.25) is 0 Å². The van der Waals surface area contributed by atoms with Crippen LogP contribution in [-0.4, -0.2) is 4.75 Å². The van der Waals surface area contributed by atoms with Crippen molar-refractivity contribution in [1.29, 1.82) is 0 Å². The van der Waals surface area contributed by atoms with Gasteiger partial charge < -0.3 is 0 Å². The van der Waals surface area contributed by atoms with E-state index in [4.69, 9.17) is 0 Å². The molecule has 1 fully saturated rings. The van der Waals surface area contributed by atoms with Crippen molar-refractivity contribution in [2.24, 2.45) is 11.8 Å². The molecular formula is C18H38S. The maximum atomic E-state index is 3.00. The second-order valence-corrected chi connectivity index (χ2v) is 6.61. The first kappa shape index (κ1) is 23.9. The van der Waals surface area contributed by atoms with Gasteiger partial charge in [0.05, 0.1) is 0 Å². The molecule has 19 heavy (non-hydrogen) atoms. The fourth-order valence-corrected chi connectivity index (χ4v) is 2.94.